The maximum absolute atomic E-state index is 13.2. The Labute approximate surface area is 168 Å². The van der Waals surface area contributed by atoms with Crippen molar-refractivity contribution < 1.29 is 4.79 Å². The van der Waals surface area contributed by atoms with E-state index < -0.39 is 0 Å². The first-order valence-electron chi connectivity index (χ1n) is 9.76. The average Bonchev–Trinajstić information content (AvgIpc) is 3.33. The highest BCUT2D eigenvalue weighted by atomic mass is 32.1. The summed E-state index contributed by atoms with van der Waals surface area (Å²) in [5.74, 6) is 0.0564. The number of carbonyl (C=O) groups excluding carboxylic acids is 1. The van der Waals surface area contributed by atoms with Crippen LogP contribution in [0.5, 0.6) is 0 Å². The van der Waals surface area contributed by atoms with Crippen LogP contribution < -0.4 is 5.32 Å². The Hall–Kier alpha value is -2.67. The maximum atomic E-state index is 13.2. The number of amides is 1. The minimum absolute atomic E-state index is 0.0564. The lowest BCUT2D eigenvalue weighted by Gasteiger charge is -2.32. The van der Waals surface area contributed by atoms with E-state index in [1.165, 1.54) is 5.70 Å². The zero-order chi connectivity index (χ0) is 19.5. The van der Waals surface area contributed by atoms with E-state index >= 15 is 0 Å². The monoisotopic (exact) mass is 395 g/mol. The molecule has 1 aromatic carbocycles. The minimum Gasteiger partial charge on any atom is -0.382 e. The molecular formula is C21H25N5OS. The first kappa shape index (κ1) is 18.7. The van der Waals surface area contributed by atoms with Crippen LogP contribution in [0.2, 0.25) is 0 Å². The van der Waals surface area contributed by atoms with Crippen molar-refractivity contribution in [2.45, 2.75) is 45.7 Å². The highest BCUT2D eigenvalue weighted by molar-refractivity contribution is 7.11. The predicted molar refractivity (Wildman–Crippen MR) is 112 cm³/mol. The summed E-state index contributed by atoms with van der Waals surface area (Å²) >= 11 is 1.61. The molecule has 0 unspecified atom stereocenters. The Morgan fingerprint density at radius 2 is 2.21 bits per heavy atom. The molecule has 0 saturated carbocycles. The van der Waals surface area contributed by atoms with Gasteiger partial charge in [0.25, 0.3) is 5.91 Å². The molecule has 0 bridgehead atoms. The van der Waals surface area contributed by atoms with E-state index in [2.05, 4.69) is 26.6 Å². The van der Waals surface area contributed by atoms with Crippen LogP contribution in [0, 0.1) is 6.92 Å². The number of allylic oxidation sites excluding steroid dienone is 1. The molecule has 1 atom stereocenters. The van der Waals surface area contributed by atoms with Gasteiger partial charge < -0.3 is 15.2 Å². The molecule has 3 aromatic rings. The summed E-state index contributed by atoms with van der Waals surface area (Å²) in [6.07, 6.45) is 5.27. The quantitative estimate of drug-likeness (QED) is 0.661. The van der Waals surface area contributed by atoms with Gasteiger partial charge in [0, 0.05) is 23.1 Å². The maximum Gasteiger partial charge on any atom is 0.270 e. The van der Waals surface area contributed by atoms with Crippen molar-refractivity contribution in [2.75, 3.05) is 6.54 Å². The van der Waals surface area contributed by atoms with Gasteiger partial charge in [0.1, 0.15) is 15.7 Å². The fourth-order valence-electron chi connectivity index (χ4n) is 3.76. The fourth-order valence-corrected chi connectivity index (χ4v) is 4.41. The number of hydrogen-bond donors (Lipinski definition) is 2. The van der Waals surface area contributed by atoms with Crippen molar-refractivity contribution >= 4 is 28.1 Å². The second-order valence-corrected chi connectivity index (χ2v) is 8.35. The average molecular weight is 396 g/mol. The van der Waals surface area contributed by atoms with Crippen LogP contribution in [0.15, 0.2) is 42.1 Å². The molecule has 4 rings (SSSR count). The Morgan fingerprint density at radius 3 is 2.96 bits per heavy atom. The van der Waals surface area contributed by atoms with Crippen molar-refractivity contribution in [2.24, 2.45) is 0 Å². The molecule has 1 aliphatic rings. The van der Waals surface area contributed by atoms with E-state index in [4.69, 9.17) is 0 Å². The van der Waals surface area contributed by atoms with Crippen molar-refractivity contribution in [1.29, 1.82) is 0 Å². The van der Waals surface area contributed by atoms with Crippen LogP contribution >= 0.6 is 11.3 Å². The Kier molecular flexibility index (Phi) is 5.43. The largest absolute Gasteiger partial charge is 0.382 e. The van der Waals surface area contributed by atoms with Crippen LogP contribution in [0.1, 0.15) is 46.7 Å². The lowest BCUT2D eigenvalue weighted by Crippen LogP contribution is -2.41. The fraction of sp³-hybridized carbons (Fsp3) is 0.381. The number of H-pyrrole nitrogens is 1. The Bertz CT molecular complexity index is 972. The number of nitrogens with zero attached hydrogens (tertiary/aromatic N) is 3. The summed E-state index contributed by atoms with van der Waals surface area (Å²) in [5.41, 5.74) is 2.84. The second kappa shape index (κ2) is 8.14. The lowest BCUT2D eigenvalue weighted by molar-refractivity contribution is 0.0706. The highest BCUT2D eigenvalue weighted by Crippen LogP contribution is 2.24. The predicted octanol–water partition coefficient (Wildman–Crippen LogP) is 4.02. The molecule has 1 amide bonds. The third-order valence-corrected chi connectivity index (χ3v) is 5.98. The van der Waals surface area contributed by atoms with Gasteiger partial charge in [-0.25, -0.2) is 0 Å². The molecule has 1 aliphatic carbocycles. The van der Waals surface area contributed by atoms with Gasteiger partial charge in [-0.1, -0.05) is 29.5 Å². The molecule has 0 saturated heterocycles. The molecule has 28 heavy (non-hydrogen) atoms. The van der Waals surface area contributed by atoms with E-state index in [1.807, 2.05) is 49.1 Å². The van der Waals surface area contributed by atoms with E-state index in [1.54, 1.807) is 11.3 Å². The second-order valence-electron chi connectivity index (χ2n) is 7.08. The number of para-hydroxylation sites is 1. The first-order valence-corrected chi connectivity index (χ1v) is 10.6. The highest BCUT2D eigenvalue weighted by Gasteiger charge is 2.25. The van der Waals surface area contributed by atoms with E-state index in [-0.39, 0.29) is 11.9 Å². The van der Waals surface area contributed by atoms with Crippen LogP contribution in [0.4, 0.5) is 0 Å². The summed E-state index contributed by atoms with van der Waals surface area (Å²) in [4.78, 5) is 18.4. The zero-order valence-corrected chi connectivity index (χ0v) is 17.1. The number of aryl methyl sites for hydroxylation is 1. The molecule has 7 heteroatoms. The number of fused-ring (bicyclic) bond motifs is 1. The van der Waals surface area contributed by atoms with Crippen LogP contribution in [-0.2, 0) is 6.54 Å². The van der Waals surface area contributed by atoms with Gasteiger partial charge in [-0.3, -0.25) is 4.79 Å². The SMILES string of the molecule is CCN(C(=O)c1cc2ccccc2[nH]1)[C@@H]1C=C(NCc2nnc(C)s2)CCC1. The Balaban J connectivity index is 1.48. The molecule has 0 aliphatic heterocycles. The molecule has 0 spiro atoms. The van der Waals surface area contributed by atoms with Crippen molar-refractivity contribution in [3.8, 4) is 0 Å². The number of likely N-dealkylation sites (N-methyl/N-ethyl adjacent to an activating group) is 1. The van der Waals surface area contributed by atoms with Gasteiger partial charge in [-0.05, 0) is 51.3 Å². The molecule has 0 radical (unpaired) electrons. The molecule has 2 aromatic heterocycles. The van der Waals surface area contributed by atoms with E-state index in [0.717, 1.165) is 40.2 Å². The Morgan fingerprint density at radius 1 is 1.36 bits per heavy atom. The number of aromatic nitrogens is 3. The van der Waals surface area contributed by atoms with Gasteiger partial charge in [-0.2, -0.15) is 0 Å². The number of carbonyl (C=O) groups is 1. The van der Waals surface area contributed by atoms with Crippen molar-refractivity contribution in [1.82, 2.24) is 25.4 Å². The molecule has 2 N–H and O–H groups in total. The lowest BCUT2D eigenvalue weighted by atomic mass is 9.98. The number of nitrogens with one attached hydrogen (secondary N) is 2. The molecule has 2 heterocycles. The normalized spacial score (nSPS) is 16.8. The third-order valence-electron chi connectivity index (χ3n) is 5.14. The summed E-state index contributed by atoms with van der Waals surface area (Å²) in [6, 6.07) is 10.0. The van der Waals surface area contributed by atoms with Crippen molar-refractivity contribution in [3.05, 3.63) is 57.8 Å². The van der Waals surface area contributed by atoms with Gasteiger partial charge >= 0.3 is 0 Å². The van der Waals surface area contributed by atoms with Crippen LogP contribution in [-0.4, -0.2) is 38.6 Å². The number of rotatable bonds is 6. The van der Waals surface area contributed by atoms with E-state index in [0.29, 0.717) is 18.8 Å². The first-order chi connectivity index (χ1) is 13.6. The topological polar surface area (TPSA) is 73.9 Å². The number of hydrogen-bond acceptors (Lipinski definition) is 5. The standard InChI is InChI=1S/C21H25N5OS/c1-3-26(21(27)19-11-15-7-4-5-10-18(15)23-19)17-9-6-8-16(12-17)22-13-20-25-24-14(2)28-20/h4-5,7,10-12,17,22-23H,3,6,8-9,13H2,1-2H3/t17-/m0/s1. The number of benzene rings is 1. The molecular weight excluding hydrogens is 370 g/mol. The summed E-state index contributed by atoms with van der Waals surface area (Å²) < 4.78 is 0. The van der Waals surface area contributed by atoms with Crippen LogP contribution in [0.25, 0.3) is 10.9 Å². The molecule has 6 nitrogen and oxygen atoms in total. The van der Waals surface area contributed by atoms with Gasteiger partial charge in [0.05, 0.1) is 12.6 Å². The summed E-state index contributed by atoms with van der Waals surface area (Å²) in [7, 11) is 0. The molecule has 0 fully saturated rings. The third kappa shape index (κ3) is 3.94. The molecule has 146 valence electrons. The van der Waals surface area contributed by atoms with Gasteiger partial charge in [0.2, 0.25) is 0 Å². The van der Waals surface area contributed by atoms with Crippen molar-refractivity contribution in [3.63, 3.8) is 0 Å². The zero-order valence-electron chi connectivity index (χ0n) is 16.2. The van der Waals surface area contributed by atoms with E-state index in [9.17, 15) is 4.79 Å². The van der Waals surface area contributed by atoms with Gasteiger partial charge in [0.15, 0.2) is 0 Å². The number of aromatic amines is 1. The summed E-state index contributed by atoms with van der Waals surface area (Å²) in [5, 5.41) is 14.8. The van der Waals surface area contributed by atoms with Gasteiger partial charge in [-0.15, -0.1) is 10.2 Å². The van der Waals surface area contributed by atoms with Crippen LogP contribution in [0.3, 0.4) is 0 Å². The minimum atomic E-state index is 0.0564. The summed E-state index contributed by atoms with van der Waals surface area (Å²) in [6.45, 7) is 5.37. The smallest absolute Gasteiger partial charge is 0.270 e.